The minimum atomic E-state index is -0.0111. The van der Waals surface area contributed by atoms with Gasteiger partial charge in [0.25, 0.3) is 0 Å². The average Bonchev–Trinajstić information content (AvgIpc) is 2.91. The largest absolute Gasteiger partial charge is 0.352 e. The number of fused-ring (bicyclic) bond motifs is 1. The summed E-state index contributed by atoms with van der Waals surface area (Å²) >= 11 is 0. The summed E-state index contributed by atoms with van der Waals surface area (Å²) in [5.41, 5.74) is 2.84. The number of carbonyl (C=O) groups is 1. The number of aryl methyl sites for hydroxylation is 2. The van der Waals surface area contributed by atoms with Crippen LogP contribution in [0.15, 0.2) is 6.20 Å². The van der Waals surface area contributed by atoms with Gasteiger partial charge in [0, 0.05) is 12.6 Å². The molecule has 2 aromatic heterocycles. The minimum Gasteiger partial charge on any atom is -0.352 e. The highest BCUT2D eigenvalue weighted by atomic mass is 16.2. The second-order valence-electron chi connectivity index (χ2n) is 4.81. The maximum absolute atomic E-state index is 11.9. The van der Waals surface area contributed by atoms with E-state index in [-0.39, 0.29) is 18.5 Å². The lowest BCUT2D eigenvalue weighted by atomic mass is 10.2. The summed E-state index contributed by atoms with van der Waals surface area (Å²) in [5, 5.41) is 11.7. The van der Waals surface area contributed by atoms with Gasteiger partial charge in [0.2, 0.25) is 5.91 Å². The number of hydrogen-bond donors (Lipinski definition) is 1. The van der Waals surface area contributed by atoms with Gasteiger partial charge in [0.05, 0.1) is 11.9 Å². The quantitative estimate of drug-likeness (QED) is 0.888. The topological polar surface area (TPSA) is 64.7 Å². The Labute approximate surface area is 112 Å². The van der Waals surface area contributed by atoms with Crippen molar-refractivity contribution in [3.8, 4) is 0 Å². The van der Waals surface area contributed by atoms with Crippen molar-refractivity contribution in [3.63, 3.8) is 0 Å². The molecule has 0 saturated heterocycles. The van der Waals surface area contributed by atoms with Crippen LogP contribution in [0, 0.1) is 6.92 Å². The van der Waals surface area contributed by atoms with E-state index in [1.54, 1.807) is 10.9 Å². The Kier molecular flexibility index (Phi) is 3.87. The van der Waals surface area contributed by atoms with E-state index in [1.807, 2.05) is 32.4 Å². The van der Waals surface area contributed by atoms with Crippen LogP contribution in [0.4, 0.5) is 0 Å². The molecular formula is C13H21N5O. The van der Waals surface area contributed by atoms with Crippen molar-refractivity contribution in [2.24, 2.45) is 0 Å². The number of carbonyl (C=O) groups excluding carboxylic acids is 1. The zero-order chi connectivity index (χ0) is 14.0. The molecule has 0 aliphatic rings. The lowest BCUT2D eigenvalue weighted by Gasteiger charge is -2.11. The van der Waals surface area contributed by atoms with Crippen molar-refractivity contribution in [2.45, 2.75) is 53.2 Å². The maximum Gasteiger partial charge on any atom is 0.241 e. The standard InChI is InChI=1S/C13H21N5O/c1-5-9(3)15-12(19)8-18-13-10(4)16-17(6-2)11(13)7-14-18/h7,9H,5-6,8H2,1-4H3,(H,15,19). The van der Waals surface area contributed by atoms with E-state index in [2.05, 4.69) is 15.5 Å². The predicted octanol–water partition coefficient (Wildman–Crippen LogP) is 1.48. The first-order chi connectivity index (χ1) is 9.06. The summed E-state index contributed by atoms with van der Waals surface area (Å²) in [6, 6.07) is 0.193. The molecule has 2 heterocycles. The molecule has 104 valence electrons. The Morgan fingerprint density at radius 1 is 1.42 bits per heavy atom. The van der Waals surface area contributed by atoms with Gasteiger partial charge in [-0.3, -0.25) is 14.2 Å². The van der Waals surface area contributed by atoms with Crippen LogP contribution in [-0.4, -0.2) is 31.5 Å². The van der Waals surface area contributed by atoms with E-state index in [9.17, 15) is 4.79 Å². The van der Waals surface area contributed by atoms with E-state index < -0.39 is 0 Å². The number of aromatic nitrogens is 4. The second kappa shape index (κ2) is 5.42. The van der Waals surface area contributed by atoms with Crippen LogP contribution >= 0.6 is 0 Å². The summed E-state index contributed by atoms with van der Waals surface area (Å²) in [4.78, 5) is 11.9. The Hall–Kier alpha value is -1.85. The highest BCUT2D eigenvalue weighted by Crippen LogP contribution is 2.17. The van der Waals surface area contributed by atoms with Gasteiger partial charge in [0.15, 0.2) is 0 Å². The zero-order valence-corrected chi connectivity index (χ0v) is 12.0. The molecule has 0 spiro atoms. The van der Waals surface area contributed by atoms with Crippen molar-refractivity contribution in [2.75, 3.05) is 0 Å². The van der Waals surface area contributed by atoms with Crippen LogP contribution in [0.25, 0.3) is 11.0 Å². The number of hydrogen-bond acceptors (Lipinski definition) is 3. The minimum absolute atomic E-state index is 0.0111. The third-order valence-corrected chi connectivity index (χ3v) is 3.32. The van der Waals surface area contributed by atoms with Crippen molar-refractivity contribution in [1.29, 1.82) is 0 Å². The molecule has 1 atom stereocenters. The van der Waals surface area contributed by atoms with Crippen LogP contribution in [0.2, 0.25) is 0 Å². The van der Waals surface area contributed by atoms with Crippen LogP contribution < -0.4 is 5.32 Å². The monoisotopic (exact) mass is 263 g/mol. The summed E-state index contributed by atoms with van der Waals surface area (Å²) in [7, 11) is 0. The van der Waals surface area contributed by atoms with Gasteiger partial charge >= 0.3 is 0 Å². The molecular weight excluding hydrogens is 242 g/mol. The van der Waals surface area contributed by atoms with E-state index in [0.29, 0.717) is 0 Å². The predicted molar refractivity (Wildman–Crippen MR) is 73.8 cm³/mol. The molecule has 0 radical (unpaired) electrons. The van der Waals surface area contributed by atoms with E-state index in [0.717, 1.165) is 29.7 Å². The normalized spacial score (nSPS) is 12.8. The molecule has 0 saturated carbocycles. The Bertz CT molecular complexity index is 583. The Balaban J connectivity index is 2.22. The highest BCUT2D eigenvalue weighted by molar-refractivity contribution is 5.81. The first-order valence-electron chi connectivity index (χ1n) is 6.75. The first kappa shape index (κ1) is 13.6. The Morgan fingerprint density at radius 2 is 2.16 bits per heavy atom. The van der Waals surface area contributed by atoms with Crippen LogP contribution in [0.1, 0.15) is 32.9 Å². The zero-order valence-electron chi connectivity index (χ0n) is 12.0. The van der Waals surface area contributed by atoms with Crippen molar-refractivity contribution in [1.82, 2.24) is 24.9 Å². The fourth-order valence-electron chi connectivity index (χ4n) is 2.14. The molecule has 6 heteroatoms. The first-order valence-corrected chi connectivity index (χ1v) is 6.75. The molecule has 6 nitrogen and oxygen atoms in total. The molecule has 2 rings (SSSR count). The van der Waals surface area contributed by atoms with Gasteiger partial charge in [-0.15, -0.1) is 0 Å². The van der Waals surface area contributed by atoms with Gasteiger partial charge in [-0.1, -0.05) is 6.92 Å². The molecule has 2 aromatic rings. The molecule has 0 aliphatic heterocycles. The van der Waals surface area contributed by atoms with Gasteiger partial charge in [-0.25, -0.2) is 0 Å². The second-order valence-corrected chi connectivity index (χ2v) is 4.81. The van der Waals surface area contributed by atoms with Crippen molar-refractivity contribution >= 4 is 16.9 Å². The summed E-state index contributed by atoms with van der Waals surface area (Å²) in [6.07, 6.45) is 2.70. The maximum atomic E-state index is 11.9. The van der Waals surface area contributed by atoms with Crippen LogP contribution in [0.5, 0.6) is 0 Å². The Morgan fingerprint density at radius 3 is 2.79 bits per heavy atom. The lowest BCUT2D eigenvalue weighted by Crippen LogP contribution is -2.34. The molecule has 0 aliphatic carbocycles. The van der Waals surface area contributed by atoms with E-state index >= 15 is 0 Å². The van der Waals surface area contributed by atoms with Gasteiger partial charge in [-0.2, -0.15) is 10.2 Å². The molecule has 1 amide bonds. The number of rotatable bonds is 5. The van der Waals surface area contributed by atoms with Crippen LogP contribution in [0.3, 0.4) is 0 Å². The molecule has 0 fully saturated rings. The van der Waals surface area contributed by atoms with Crippen molar-refractivity contribution < 1.29 is 4.79 Å². The smallest absolute Gasteiger partial charge is 0.241 e. The molecule has 19 heavy (non-hydrogen) atoms. The SMILES string of the molecule is CCC(C)NC(=O)Cn1ncc2c1c(C)nn2CC. The van der Waals surface area contributed by atoms with E-state index in [4.69, 9.17) is 0 Å². The number of amides is 1. The molecule has 1 unspecified atom stereocenters. The fraction of sp³-hybridized carbons (Fsp3) is 0.615. The lowest BCUT2D eigenvalue weighted by molar-refractivity contribution is -0.122. The summed E-state index contributed by atoms with van der Waals surface area (Å²) in [6.45, 7) is 9.07. The third-order valence-electron chi connectivity index (χ3n) is 3.32. The molecule has 1 N–H and O–H groups in total. The van der Waals surface area contributed by atoms with Crippen molar-refractivity contribution in [3.05, 3.63) is 11.9 Å². The summed E-state index contributed by atoms with van der Waals surface area (Å²) in [5.74, 6) is -0.0111. The van der Waals surface area contributed by atoms with Crippen LogP contribution in [-0.2, 0) is 17.9 Å². The number of nitrogens with zero attached hydrogens (tertiary/aromatic N) is 4. The number of nitrogens with one attached hydrogen (secondary N) is 1. The van der Waals surface area contributed by atoms with E-state index in [1.165, 1.54) is 0 Å². The molecule has 0 bridgehead atoms. The fourth-order valence-corrected chi connectivity index (χ4v) is 2.14. The molecule has 0 aromatic carbocycles. The third kappa shape index (κ3) is 2.62. The van der Waals surface area contributed by atoms with Gasteiger partial charge in [-0.05, 0) is 27.2 Å². The average molecular weight is 263 g/mol. The highest BCUT2D eigenvalue weighted by Gasteiger charge is 2.15. The van der Waals surface area contributed by atoms with Gasteiger partial charge < -0.3 is 5.32 Å². The van der Waals surface area contributed by atoms with Gasteiger partial charge in [0.1, 0.15) is 17.6 Å². The summed E-state index contributed by atoms with van der Waals surface area (Å²) < 4.78 is 3.63.